The van der Waals surface area contributed by atoms with E-state index in [4.69, 9.17) is 31.2 Å². The van der Waals surface area contributed by atoms with Gasteiger partial charge in [-0.3, -0.25) is 9.69 Å². The summed E-state index contributed by atoms with van der Waals surface area (Å²) in [5.41, 5.74) is 1.80. The molecule has 0 atom stereocenters. The Balaban J connectivity index is 1.84. The summed E-state index contributed by atoms with van der Waals surface area (Å²) in [5, 5.41) is 0. The van der Waals surface area contributed by atoms with Crippen LogP contribution in [0.2, 0.25) is 0 Å². The molecule has 11 heteroatoms. The molecular formula is C30H29NO7S3. The smallest absolute Gasteiger partial charge is 0.346 e. The number of hydrogen-bond acceptors (Lipinski definition) is 10. The number of thioether (sulfide) groups is 2. The Morgan fingerprint density at radius 3 is 2.05 bits per heavy atom. The third-order valence-electron chi connectivity index (χ3n) is 6.43. The molecule has 214 valence electrons. The van der Waals surface area contributed by atoms with E-state index in [1.807, 2.05) is 57.2 Å². The zero-order valence-corrected chi connectivity index (χ0v) is 25.9. The summed E-state index contributed by atoms with van der Waals surface area (Å²) in [7, 11) is 4.10. The topological polar surface area (TPSA) is 91.4 Å². The summed E-state index contributed by atoms with van der Waals surface area (Å²) in [6.45, 7) is 6.06. The molecule has 1 amide bonds. The quantitative estimate of drug-likeness (QED) is 0.211. The first-order valence-corrected chi connectivity index (χ1v) is 14.6. The summed E-state index contributed by atoms with van der Waals surface area (Å²) in [6.07, 6.45) is 3.25. The predicted octanol–water partition coefficient (Wildman–Crippen LogP) is 6.01. The zero-order chi connectivity index (χ0) is 29.9. The maximum atomic E-state index is 13.8. The fourth-order valence-corrected chi connectivity index (χ4v) is 7.44. The molecule has 4 rings (SSSR count). The van der Waals surface area contributed by atoms with Crippen LogP contribution >= 0.6 is 35.7 Å². The molecule has 0 radical (unpaired) electrons. The van der Waals surface area contributed by atoms with Gasteiger partial charge >= 0.3 is 11.9 Å². The number of methoxy groups -OCH3 is 3. The number of thiocarbonyl (C=S) groups is 1. The van der Waals surface area contributed by atoms with Crippen molar-refractivity contribution in [3.05, 3.63) is 73.7 Å². The van der Waals surface area contributed by atoms with Gasteiger partial charge in [0.15, 0.2) is 0 Å². The van der Waals surface area contributed by atoms with Gasteiger partial charge in [0.25, 0.3) is 5.91 Å². The van der Waals surface area contributed by atoms with E-state index in [9.17, 15) is 14.4 Å². The molecule has 0 saturated carbocycles. The lowest BCUT2D eigenvalue weighted by atomic mass is 9.83. The molecule has 41 heavy (non-hydrogen) atoms. The number of hydrogen-bond donors (Lipinski definition) is 0. The number of esters is 2. The van der Waals surface area contributed by atoms with Crippen LogP contribution in [-0.2, 0) is 23.9 Å². The van der Waals surface area contributed by atoms with Gasteiger partial charge in [-0.05, 0) is 62.7 Å². The van der Waals surface area contributed by atoms with E-state index < -0.39 is 17.5 Å². The molecule has 0 N–H and O–H groups in total. The average molecular weight is 612 g/mol. The van der Waals surface area contributed by atoms with Gasteiger partial charge in [-0.15, -0.1) is 0 Å². The van der Waals surface area contributed by atoms with Crippen LogP contribution in [0.5, 0.6) is 11.5 Å². The normalized spacial score (nSPS) is 16.1. The zero-order valence-electron chi connectivity index (χ0n) is 23.4. The molecule has 0 unspecified atom stereocenters. The van der Waals surface area contributed by atoms with Gasteiger partial charge in [0.05, 0.1) is 48.3 Å². The number of benzene rings is 2. The first-order valence-electron chi connectivity index (χ1n) is 12.6. The number of amides is 1. The van der Waals surface area contributed by atoms with Crippen molar-refractivity contribution in [2.75, 3.05) is 32.8 Å². The molecule has 0 fully saturated rings. The number of carbonyl (C=O) groups is 3. The van der Waals surface area contributed by atoms with E-state index >= 15 is 0 Å². The van der Waals surface area contributed by atoms with Gasteiger partial charge < -0.3 is 18.9 Å². The van der Waals surface area contributed by atoms with Gasteiger partial charge in [-0.1, -0.05) is 47.9 Å². The molecule has 0 bridgehead atoms. The minimum Gasteiger partial charge on any atom is -0.497 e. The maximum absolute atomic E-state index is 13.8. The molecule has 0 saturated heterocycles. The van der Waals surface area contributed by atoms with Crippen molar-refractivity contribution in [3.63, 3.8) is 0 Å². The van der Waals surface area contributed by atoms with Gasteiger partial charge in [0.1, 0.15) is 21.3 Å². The van der Waals surface area contributed by atoms with E-state index in [1.165, 1.54) is 20.3 Å². The van der Waals surface area contributed by atoms with Crippen LogP contribution in [0.25, 0.3) is 11.6 Å². The minimum atomic E-state index is -0.945. The highest BCUT2D eigenvalue weighted by Gasteiger charge is 2.45. The SMILES string of the molecule is CCOc1ccc2c(c1)C(=C1SC(C(=O)OC)=C(C(=O)OC)S1)C(=S)C(C)(C)N2C(=O)/C=C/c1ccc(OC)cc1. The first-order chi connectivity index (χ1) is 19.6. The van der Waals surface area contributed by atoms with Gasteiger partial charge in [-0.25, -0.2) is 9.59 Å². The summed E-state index contributed by atoms with van der Waals surface area (Å²) in [4.78, 5) is 41.3. The van der Waals surface area contributed by atoms with Crippen LogP contribution < -0.4 is 14.4 Å². The number of rotatable bonds is 7. The first kappa shape index (κ1) is 30.4. The molecular weight excluding hydrogens is 583 g/mol. The lowest BCUT2D eigenvalue weighted by Gasteiger charge is -2.45. The second-order valence-corrected chi connectivity index (χ2v) is 12.0. The molecule has 0 aromatic heterocycles. The molecule has 0 spiro atoms. The van der Waals surface area contributed by atoms with Crippen LogP contribution in [0.4, 0.5) is 5.69 Å². The molecule has 8 nitrogen and oxygen atoms in total. The summed E-state index contributed by atoms with van der Waals surface area (Å²) in [6, 6.07) is 12.8. The number of nitrogens with zero attached hydrogens (tertiary/aromatic N) is 1. The van der Waals surface area contributed by atoms with Crippen molar-refractivity contribution in [3.8, 4) is 11.5 Å². The lowest BCUT2D eigenvalue weighted by molar-refractivity contribution is -0.138. The fourth-order valence-electron chi connectivity index (χ4n) is 4.41. The van der Waals surface area contributed by atoms with Crippen LogP contribution in [-0.4, -0.2) is 56.2 Å². The lowest BCUT2D eigenvalue weighted by Crippen LogP contribution is -2.55. The molecule has 0 aliphatic carbocycles. The van der Waals surface area contributed by atoms with Crippen molar-refractivity contribution in [1.29, 1.82) is 0 Å². The molecule has 2 aromatic rings. The Labute approximate surface area is 252 Å². The maximum Gasteiger partial charge on any atom is 0.346 e. The minimum absolute atomic E-state index is 0.121. The third kappa shape index (κ3) is 5.93. The monoisotopic (exact) mass is 611 g/mol. The molecule has 2 aromatic carbocycles. The van der Waals surface area contributed by atoms with Crippen molar-refractivity contribution >= 4 is 75.8 Å². The van der Waals surface area contributed by atoms with Crippen molar-refractivity contribution in [2.45, 2.75) is 26.3 Å². The largest absolute Gasteiger partial charge is 0.497 e. The van der Waals surface area contributed by atoms with Crippen LogP contribution in [0, 0.1) is 0 Å². The Morgan fingerprint density at radius 1 is 0.927 bits per heavy atom. The third-order valence-corrected chi connectivity index (χ3v) is 9.69. The van der Waals surface area contributed by atoms with Gasteiger partial charge in [0, 0.05) is 17.2 Å². The van der Waals surface area contributed by atoms with E-state index in [-0.39, 0.29) is 15.7 Å². The highest BCUT2D eigenvalue weighted by atomic mass is 32.2. The number of ether oxygens (including phenoxy) is 4. The highest BCUT2D eigenvalue weighted by Crippen LogP contribution is 2.56. The molecule has 2 aliphatic heterocycles. The molecule has 2 heterocycles. The van der Waals surface area contributed by atoms with Crippen LogP contribution in [0.1, 0.15) is 31.9 Å². The molecule has 2 aliphatic rings. The summed E-state index contributed by atoms with van der Waals surface area (Å²) >= 11 is 8.24. The summed E-state index contributed by atoms with van der Waals surface area (Å²) in [5.74, 6) is -0.252. The predicted molar refractivity (Wildman–Crippen MR) is 167 cm³/mol. The van der Waals surface area contributed by atoms with E-state index in [0.717, 1.165) is 34.8 Å². The Bertz CT molecular complexity index is 1480. The second-order valence-electron chi connectivity index (χ2n) is 9.29. The second kappa shape index (κ2) is 12.5. The van der Waals surface area contributed by atoms with Crippen LogP contribution in [0.3, 0.4) is 0 Å². The summed E-state index contributed by atoms with van der Waals surface area (Å²) < 4.78 is 21.5. The van der Waals surface area contributed by atoms with E-state index in [1.54, 1.807) is 24.2 Å². The standard InChI is InChI=1S/C30H29NO7S3/c1-7-38-19-13-14-21-20(16-19)23(29-40-24(27(33)36-5)25(41-29)28(34)37-6)26(39)30(2,3)31(21)22(32)15-10-17-8-11-18(35-4)12-9-17/h8-16H,7H2,1-6H3/b15-10+. The Hall–Kier alpha value is -3.54. The van der Waals surface area contributed by atoms with E-state index in [2.05, 4.69) is 0 Å². The van der Waals surface area contributed by atoms with E-state index in [0.29, 0.717) is 38.3 Å². The Morgan fingerprint density at radius 2 is 1.51 bits per heavy atom. The van der Waals surface area contributed by atoms with Gasteiger partial charge in [-0.2, -0.15) is 0 Å². The number of fused-ring (bicyclic) bond motifs is 1. The van der Waals surface area contributed by atoms with Crippen molar-refractivity contribution in [1.82, 2.24) is 0 Å². The highest BCUT2D eigenvalue weighted by molar-refractivity contribution is 8.29. The van der Waals surface area contributed by atoms with Crippen molar-refractivity contribution < 1.29 is 33.3 Å². The van der Waals surface area contributed by atoms with Crippen LogP contribution in [0.15, 0.2) is 62.6 Å². The Kier molecular flexibility index (Phi) is 9.31. The fraction of sp³-hybridized carbons (Fsp3) is 0.267. The number of carbonyl (C=O) groups excluding carboxylic acids is 3. The number of anilines is 1. The average Bonchev–Trinajstić information content (AvgIpc) is 3.41. The van der Waals surface area contributed by atoms with Gasteiger partial charge in [0.2, 0.25) is 0 Å². The van der Waals surface area contributed by atoms with Crippen molar-refractivity contribution in [2.24, 2.45) is 0 Å².